The van der Waals surface area contributed by atoms with Gasteiger partial charge in [-0.2, -0.15) is 0 Å². The quantitative estimate of drug-likeness (QED) is 0.269. The molecule has 0 saturated heterocycles. The van der Waals surface area contributed by atoms with Crippen molar-refractivity contribution in [1.29, 1.82) is 0 Å². The van der Waals surface area contributed by atoms with Gasteiger partial charge in [-0.05, 0) is 34.7 Å². The Hall–Kier alpha value is -4.53. The number of ether oxygens (including phenoxy) is 1. The number of carbonyl (C=O) groups is 3. The molecule has 3 aromatic rings. The molecule has 0 fully saturated rings. The Kier molecular flexibility index (Phi) is 7.10. The molecule has 0 radical (unpaired) electrons. The third kappa shape index (κ3) is 4.81. The van der Waals surface area contributed by atoms with E-state index in [4.69, 9.17) is 10.5 Å². The summed E-state index contributed by atoms with van der Waals surface area (Å²) >= 11 is 0. The zero-order chi connectivity index (χ0) is 25.8. The summed E-state index contributed by atoms with van der Waals surface area (Å²) in [6.07, 6.45) is -0.253. The van der Waals surface area contributed by atoms with Gasteiger partial charge in [-0.1, -0.05) is 60.7 Å². The minimum atomic E-state index is -1.26. The summed E-state index contributed by atoms with van der Waals surface area (Å²) in [4.78, 5) is 49.2. The zero-order valence-corrected chi connectivity index (χ0v) is 19.5. The number of benzene rings is 3. The van der Waals surface area contributed by atoms with Crippen molar-refractivity contribution in [2.45, 2.75) is 31.2 Å². The first-order valence-electron chi connectivity index (χ1n) is 11.5. The van der Waals surface area contributed by atoms with Crippen LogP contribution >= 0.6 is 0 Å². The smallest absolute Gasteiger partial charge is 0.306 e. The van der Waals surface area contributed by atoms with Gasteiger partial charge >= 0.3 is 5.97 Å². The lowest BCUT2D eigenvalue weighted by atomic mass is 9.86. The third-order valence-corrected chi connectivity index (χ3v) is 6.33. The second-order valence-corrected chi connectivity index (χ2v) is 8.46. The highest BCUT2D eigenvalue weighted by molar-refractivity contribution is 5.98. The van der Waals surface area contributed by atoms with Crippen LogP contribution in [0.15, 0.2) is 72.8 Å². The van der Waals surface area contributed by atoms with Crippen LogP contribution in [0, 0.1) is 10.1 Å². The fourth-order valence-corrected chi connectivity index (χ4v) is 4.72. The van der Waals surface area contributed by atoms with Gasteiger partial charge in [0.15, 0.2) is 0 Å². The number of non-ortho nitro benzene ring substituents is 1. The van der Waals surface area contributed by atoms with Crippen LogP contribution in [0.3, 0.4) is 0 Å². The number of carbonyl (C=O) groups excluding carboxylic acids is 3. The summed E-state index contributed by atoms with van der Waals surface area (Å²) in [5, 5.41) is 13.8. The van der Waals surface area contributed by atoms with Crippen LogP contribution in [-0.4, -0.2) is 35.4 Å². The van der Waals surface area contributed by atoms with Gasteiger partial charge in [0.05, 0.1) is 23.9 Å². The van der Waals surface area contributed by atoms with Crippen molar-refractivity contribution in [1.82, 2.24) is 5.32 Å². The predicted molar refractivity (Wildman–Crippen MR) is 132 cm³/mol. The van der Waals surface area contributed by atoms with Crippen molar-refractivity contribution in [3.8, 4) is 11.1 Å². The molecule has 0 bridgehead atoms. The van der Waals surface area contributed by atoms with E-state index >= 15 is 0 Å². The molecule has 184 valence electrons. The molecule has 0 aliphatic heterocycles. The molecule has 3 N–H and O–H groups in total. The normalized spacial score (nSPS) is 13.7. The van der Waals surface area contributed by atoms with Crippen LogP contribution < -0.4 is 11.1 Å². The van der Waals surface area contributed by atoms with Gasteiger partial charge in [0, 0.05) is 18.1 Å². The molecule has 9 nitrogen and oxygen atoms in total. The van der Waals surface area contributed by atoms with E-state index in [1.165, 1.54) is 24.3 Å². The lowest BCUT2D eigenvalue weighted by molar-refractivity contribution is -0.384. The van der Waals surface area contributed by atoms with Gasteiger partial charge in [0.25, 0.3) is 5.69 Å². The number of hydrogen-bond donors (Lipinski definition) is 2. The van der Waals surface area contributed by atoms with E-state index in [-0.39, 0.29) is 18.7 Å². The number of nitro benzene ring substituents is 1. The van der Waals surface area contributed by atoms with Gasteiger partial charge in [-0.25, -0.2) is 0 Å². The summed E-state index contributed by atoms with van der Waals surface area (Å²) in [7, 11) is 0. The number of hydrogen-bond acceptors (Lipinski definition) is 6. The van der Waals surface area contributed by atoms with Gasteiger partial charge in [-0.3, -0.25) is 24.5 Å². The van der Waals surface area contributed by atoms with Crippen molar-refractivity contribution in [2.75, 3.05) is 6.61 Å². The maximum Gasteiger partial charge on any atom is 0.306 e. The van der Waals surface area contributed by atoms with E-state index in [0.717, 1.165) is 22.3 Å². The summed E-state index contributed by atoms with van der Waals surface area (Å²) < 4.78 is 5.07. The maximum atomic E-state index is 13.7. The number of esters is 1. The molecule has 1 aliphatic carbocycles. The van der Waals surface area contributed by atoms with E-state index < -0.39 is 40.6 Å². The van der Waals surface area contributed by atoms with E-state index in [0.29, 0.717) is 5.56 Å². The zero-order valence-electron chi connectivity index (χ0n) is 19.5. The fraction of sp³-hybridized carbons (Fsp3) is 0.222. The Morgan fingerprint density at radius 3 is 2.03 bits per heavy atom. The number of rotatable bonds is 9. The molecule has 4 rings (SSSR count). The Morgan fingerprint density at radius 2 is 1.53 bits per heavy atom. The molecule has 0 unspecified atom stereocenters. The largest absolute Gasteiger partial charge is 0.466 e. The van der Waals surface area contributed by atoms with E-state index in [1.54, 1.807) is 6.92 Å². The van der Waals surface area contributed by atoms with Crippen molar-refractivity contribution in [3.63, 3.8) is 0 Å². The van der Waals surface area contributed by atoms with Gasteiger partial charge in [-0.15, -0.1) is 0 Å². The highest BCUT2D eigenvalue weighted by Crippen LogP contribution is 2.44. The van der Waals surface area contributed by atoms with Crippen LogP contribution in [0.2, 0.25) is 0 Å². The van der Waals surface area contributed by atoms with Crippen LogP contribution in [0.4, 0.5) is 5.69 Å². The van der Waals surface area contributed by atoms with Gasteiger partial charge < -0.3 is 15.8 Å². The van der Waals surface area contributed by atoms with Crippen molar-refractivity contribution >= 4 is 23.5 Å². The summed E-state index contributed by atoms with van der Waals surface area (Å²) in [5.74, 6) is -3.42. The number of nitrogens with two attached hydrogens (primary N) is 1. The first-order chi connectivity index (χ1) is 17.3. The lowest BCUT2D eigenvalue weighted by Gasteiger charge is -2.27. The Bertz CT molecular complexity index is 1280. The molecule has 1 aliphatic rings. The first kappa shape index (κ1) is 24.6. The molecule has 2 amide bonds. The number of nitro groups is 1. The minimum absolute atomic E-state index is 0.134. The average Bonchev–Trinajstić information content (AvgIpc) is 3.21. The molecule has 36 heavy (non-hydrogen) atoms. The molecule has 3 aromatic carbocycles. The summed E-state index contributed by atoms with van der Waals surface area (Å²) in [5.41, 5.74) is 9.48. The highest BCUT2D eigenvalue weighted by Gasteiger charge is 2.38. The molecular weight excluding hydrogens is 462 g/mol. The topological polar surface area (TPSA) is 142 Å². The summed E-state index contributed by atoms with van der Waals surface area (Å²) in [6, 6.07) is 19.3. The Balaban J connectivity index is 1.69. The SMILES string of the molecule is CCOC(=O)C[C@@H](c1ccc([N+](=O)[O-])cc1)[C@H](NC(=O)C1c2ccccc2-c2ccccc21)C(N)=O. The van der Waals surface area contributed by atoms with Crippen LogP contribution in [-0.2, 0) is 19.1 Å². The fourth-order valence-electron chi connectivity index (χ4n) is 4.72. The first-order valence-corrected chi connectivity index (χ1v) is 11.5. The summed E-state index contributed by atoms with van der Waals surface area (Å²) in [6.45, 7) is 1.79. The van der Waals surface area contributed by atoms with E-state index in [2.05, 4.69) is 5.32 Å². The van der Waals surface area contributed by atoms with Gasteiger partial charge in [0.1, 0.15) is 6.04 Å². The third-order valence-electron chi connectivity index (χ3n) is 6.33. The minimum Gasteiger partial charge on any atom is -0.466 e. The molecule has 0 aromatic heterocycles. The number of amides is 2. The van der Waals surface area contributed by atoms with Crippen LogP contribution in [0.5, 0.6) is 0 Å². The maximum absolute atomic E-state index is 13.7. The highest BCUT2D eigenvalue weighted by atomic mass is 16.6. The Labute approximate surface area is 207 Å². The van der Waals surface area contributed by atoms with Crippen LogP contribution in [0.1, 0.15) is 41.9 Å². The van der Waals surface area contributed by atoms with E-state index in [9.17, 15) is 24.5 Å². The molecule has 0 saturated carbocycles. The standard InChI is InChI=1S/C27H25N3O6/c1-2-36-23(31)15-22(16-11-13-17(14-12-16)30(34)35)25(26(28)32)29-27(33)24-20-9-5-3-7-18(20)19-8-4-6-10-21(19)24/h3-14,22,24-25H,2,15H2,1H3,(H2,28,32)(H,29,33)/t22-,25-/m0/s1. The number of nitrogens with one attached hydrogen (secondary N) is 1. The number of nitrogens with zero attached hydrogens (tertiary/aromatic N) is 1. The second kappa shape index (κ2) is 10.4. The number of fused-ring (bicyclic) bond motifs is 3. The predicted octanol–water partition coefficient (Wildman–Crippen LogP) is 3.41. The van der Waals surface area contributed by atoms with Crippen molar-refractivity contribution in [3.05, 3.63) is 99.6 Å². The molecular formula is C27H25N3O6. The number of primary amides is 1. The molecule has 0 spiro atoms. The molecule has 0 heterocycles. The Morgan fingerprint density at radius 1 is 0.972 bits per heavy atom. The van der Waals surface area contributed by atoms with E-state index in [1.807, 2.05) is 48.5 Å². The lowest BCUT2D eigenvalue weighted by Crippen LogP contribution is -2.50. The molecule has 2 atom stereocenters. The molecule has 9 heteroatoms. The average molecular weight is 488 g/mol. The van der Waals surface area contributed by atoms with Gasteiger partial charge in [0.2, 0.25) is 11.8 Å². The van der Waals surface area contributed by atoms with Crippen molar-refractivity contribution in [2.24, 2.45) is 5.73 Å². The van der Waals surface area contributed by atoms with Crippen molar-refractivity contribution < 1.29 is 24.0 Å². The monoisotopic (exact) mass is 487 g/mol. The van der Waals surface area contributed by atoms with Crippen LogP contribution in [0.25, 0.3) is 11.1 Å². The second-order valence-electron chi connectivity index (χ2n) is 8.46.